The van der Waals surface area contributed by atoms with Gasteiger partial charge in [-0.25, -0.2) is 0 Å². The van der Waals surface area contributed by atoms with Crippen molar-refractivity contribution in [1.82, 2.24) is 0 Å². The van der Waals surface area contributed by atoms with Crippen molar-refractivity contribution < 1.29 is 13.8 Å². The number of hydrogen-bond donors (Lipinski definition) is 0. The minimum absolute atomic E-state index is 0.0436. The number of carbonyl (C=O) groups excluding carboxylic acids is 2. The predicted octanol–water partition coefficient (Wildman–Crippen LogP) is 5.08. The third-order valence-corrected chi connectivity index (χ3v) is 8.73. The van der Waals surface area contributed by atoms with Crippen LogP contribution in [0, 0.1) is 28.6 Å². The molecule has 2 unspecified atom stereocenters. The first-order valence-electron chi connectivity index (χ1n) is 9.19. The van der Waals surface area contributed by atoms with E-state index in [9.17, 15) is 9.59 Å². The first-order valence-corrected chi connectivity index (χ1v) is 12.5. The van der Waals surface area contributed by atoms with Gasteiger partial charge in [0.1, 0.15) is 5.78 Å². The van der Waals surface area contributed by atoms with Crippen LogP contribution < -0.4 is 0 Å². The molecule has 4 rings (SSSR count). The van der Waals surface area contributed by atoms with E-state index in [1.807, 2.05) is 6.08 Å². The zero-order valence-corrected chi connectivity index (χ0v) is 17.2. The van der Waals surface area contributed by atoms with E-state index in [4.69, 9.17) is 4.18 Å². The molecule has 5 atom stereocenters. The van der Waals surface area contributed by atoms with Crippen LogP contribution in [-0.2, 0) is 13.8 Å². The van der Waals surface area contributed by atoms with Crippen LogP contribution in [0.15, 0.2) is 11.6 Å². The second-order valence-corrected chi connectivity index (χ2v) is 9.89. The number of hydrogen-bond acceptors (Lipinski definition) is 4. The van der Waals surface area contributed by atoms with Gasteiger partial charge in [0.2, 0.25) is 0 Å². The molecule has 0 spiro atoms. The first-order chi connectivity index (χ1) is 11.5. The Bertz CT molecular complexity index is 603. The molecule has 4 aliphatic rings. The van der Waals surface area contributed by atoms with Gasteiger partial charge < -0.3 is 4.18 Å². The molecule has 3 nitrogen and oxygen atoms in total. The lowest BCUT2D eigenvalue weighted by atomic mass is 9.47. The summed E-state index contributed by atoms with van der Waals surface area (Å²) in [4.78, 5) is 24.5. The van der Waals surface area contributed by atoms with Gasteiger partial charge in [0.05, 0.1) is 15.8 Å². The molecular weight excluding hydrogens is 435 g/mol. The Morgan fingerprint density at radius 3 is 2.79 bits per heavy atom. The van der Waals surface area contributed by atoms with Crippen LogP contribution in [0.2, 0.25) is 0 Å². The van der Waals surface area contributed by atoms with Crippen LogP contribution in [0.3, 0.4) is 0 Å². The maximum absolute atomic E-state index is 12.5. The minimum atomic E-state index is -0.0765. The molecule has 132 valence electrons. The van der Waals surface area contributed by atoms with E-state index in [1.165, 1.54) is 14.8 Å². The molecule has 0 aliphatic heterocycles. The summed E-state index contributed by atoms with van der Waals surface area (Å²) in [5.41, 5.74) is 1.31. The molecule has 0 amide bonds. The van der Waals surface area contributed by atoms with Crippen molar-refractivity contribution in [2.75, 3.05) is 6.61 Å². The van der Waals surface area contributed by atoms with Gasteiger partial charge >= 0.3 is 0 Å². The lowest BCUT2D eigenvalue weighted by Crippen LogP contribution is -2.53. The Hall–Kier alpha value is 0.120. The molecule has 0 bridgehead atoms. The Balaban J connectivity index is 1.70. The zero-order valence-electron chi connectivity index (χ0n) is 14.2. The Morgan fingerprint density at radius 1 is 1.17 bits per heavy atom. The highest BCUT2D eigenvalue weighted by atomic mass is 127. The van der Waals surface area contributed by atoms with E-state index >= 15 is 0 Å². The van der Waals surface area contributed by atoms with Crippen molar-refractivity contribution in [3.63, 3.8) is 0 Å². The van der Waals surface area contributed by atoms with Crippen molar-refractivity contribution >= 4 is 42.0 Å². The summed E-state index contributed by atoms with van der Waals surface area (Å²) >= 11 is 2.19. The molecule has 0 saturated heterocycles. The number of Topliss-reactive ketones (excluding diaryl/α,β-unsaturated/α-hetero) is 1. The summed E-state index contributed by atoms with van der Waals surface area (Å²) in [6.45, 7) is 2.95. The summed E-state index contributed by atoms with van der Waals surface area (Å²) in [7, 11) is 1.41. The van der Waals surface area contributed by atoms with Crippen LogP contribution >= 0.6 is 30.4 Å². The molecule has 0 N–H and O–H groups in total. The molecule has 24 heavy (non-hydrogen) atoms. The Kier molecular flexibility index (Phi) is 4.66. The molecule has 3 saturated carbocycles. The van der Waals surface area contributed by atoms with E-state index in [2.05, 4.69) is 28.1 Å². The Morgan fingerprint density at radius 2 is 2.00 bits per heavy atom. The monoisotopic (exact) mass is 460 g/mol. The lowest BCUT2D eigenvalue weighted by molar-refractivity contribution is -0.133. The zero-order chi connectivity index (χ0) is 16.9. The van der Waals surface area contributed by atoms with Gasteiger partial charge in [-0.15, -0.1) is 0 Å². The summed E-state index contributed by atoms with van der Waals surface area (Å²) in [5.74, 6) is 2.55. The summed E-state index contributed by atoms with van der Waals surface area (Å²) in [6, 6.07) is 0. The number of halogens is 1. The lowest BCUT2D eigenvalue weighted by Gasteiger charge is -2.57. The van der Waals surface area contributed by atoms with Gasteiger partial charge in [-0.2, -0.15) is 0 Å². The van der Waals surface area contributed by atoms with Gasteiger partial charge in [-0.1, -0.05) is 12.5 Å². The normalized spacial score (nSPS) is 44.6. The van der Waals surface area contributed by atoms with E-state index in [0.717, 1.165) is 51.6 Å². The predicted molar refractivity (Wildman–Crippen MR) is 104 cm³/mol. The van der Waals surface area contributed by atoms with Crippen molar-refractivity contribution in [1.29, 1.82) is 0 Å². The number of ketones is 2. The van der Waals surface area contributed by atoms with Crippen LogP contribution in [0.5, 0.6) is 0 Å². The Labute approximate surface area is 160 Å². The van der Waals surface area contributed by atoms with Gasteiger partial charge in [-0.3, -0.25) is 9.59 Å². The minimum Gasteiger partial charge on any atom is -0.305 e. The van der Waals surface area contributed by atoms with E-state index < -0.39 is 0 Å². The highest BCUT2D eigenvalue weighted by Gasteiger charge is 2.60. The van der Waals surface area contributed by atoms with Crippen molar-refractivity contribution in [3.05, 3.63) is 11.6 Å². The average Bonchev–Trinajstić information content (AvgIpc) is 2.88. The number of fused-ring (bicyclic) bond motifs is 5. The molecular formula is C19H25IO3S. The van der Waals surface area contributed by atoms with Crippen LogP contribution in [0.1, 0.15) is 58.3 Å². The summed E-state index contributed by atoms with van der Waals surface area (Å²) in [5, 5.41) is 0. The number of rotatable bonds is 3. The SMILES string of the molecule is C[C@]12CCC3[C@@H](CCC4=CC(=O)CC[C@@]43COSI)C1CCC2=O. The number of carbonyl (C=O) groups is 2. The summed E-state index contributed by atoms with van der Waals surface area (Å²) < 4.78 is 5.86. The highest BCUT2D eigenvalue weighted by molar-refractivity contribution is 14.2. The maximum atomic E-state index is 12.5. The van der Waals surface area contributed by atoms with Crippen molar-refractivity contribution in [3.8, 4) is 0 Å². The van der Waals surface area contributed by atoms with Crippen LogP contribution in [0.4, 0.5) is 0 Å². The molecule has 0 aromatic carbocycles. The van der Waals surface area contributed by atoms with Gasteiger partial charge in [-0.05, 0) is 62.4 Å². The highest BCUT2D eigenvalue weighted by Crippen LogP contribution is 2.64. The molecule has 4 aliphatic carbocycles. The fourth-order valence-corrected chi connectivity index (χ4v) is 7.17. The van der Waals surface area contributed by atoms with Crippen LogP contribution in [-0.4, -0.2) is 18.2 Å². The third kappa shape index (κ3) is 2.48. The quantitative estimate of drug-likeness (QED) is 0.435. The average molecular weight is 460 g/mol. The van der Waals surface area contributed by atoms with Gasteiger partial charge in [0, 0.05) is 44.9 Å². The molecule has 5 heteroatoms. The van der Waals surface area contributed by atoms with E-state index in [-0.39, 0.29) is 16.6 Å². The molecule has 0 radical (unpaired) electrons. The topological polar surface area (TPSA) is 43.4 Å². The van der Waals surface area contributed by atoms with E-state index in [1.54, 1.807) is 0 Å². The fraction of sp³-hybridized carbons (Fsp3) is 0.789. The molecule has 0 aromatic rings. The second-order valence-electron chi connectivity index (χ2n) is 8.45. The standard InChI is InChI=1S/C19H25IO3S/c1-18-8-7-16-14(15(18)4-5-17(18)22)3-2-12-10-13(21)6-9-19(12,16)11-23-24-20/h10,14-16H,2-9,11H2,1H3/t14-,15?,16?,18-,19+/m0/s1. The molecule has 0 heterocycles. The molecule has 0 aromatic heterocycles. The van der Waals surface area contributed by atoms with Crippen molar-refractivity contribution in [2.45, 2.75) is 58.3 Å². The summed E-state index contributed by atoms with van der Waals surface area (Å²) in [6.07, 6.45) is 9.69. The maximum Gasteiger partial charge on any atom is 0.155 e. The van der Waals surface area contributed by atoms with E-state index in [0.29, 0.717) is 30.0 Å². The molecule has 3 fully saturated rings. The van der Waals surface area contributed by atoms with Crippen LogP contribution in [0.25, 0.3) is 0 Å². The van der Waals surface area contributed by atoms with Gasteiger partial charge in [0.25, 0.3) is 0 Å². The second kappa shape index (κ2) is 6.38. The van der Waals surface area contributed by atoms with Gasteiger partial charge in [0.15, 0.2) is 5.78 Å². The van der Waals surface area contributed by atoms with Crippen molar-refractivity contribution in [2.24, 2.45) is 28.6 Å². The first kappa shape index (κ1) is 17.5. The largest absolute Gasteiger partial charge is 0.305 e. The smallest absolute Gasteiger partial charge is 0.155 e. The fourth-order valence-electron chi connectivity index (χ4n) is 6.53. The third-order valence-electron chi connectivity index (χ3n) is 7.76.